The van der Waals surface area contributed by atoms with Crippen LogP contribution in [0.2, 0.25) is 10.0 Å². The van der Waals surface area contributed by atoms with Gasteiger partial charge in [-0.2, -0.15) is 0 Å². The van der Waals surface area contributed by atoms with Crippen molar-refractivity contribution in [1.82, 2.24) is 4.72 Å². The zero-order valence-electron chi connectivity index (χ0n) is 13.9. The van der Waals surface area contributed by atoms with Gasteiger partial charge >= 0.3 is 0 Å². The zero-order valence-corrected chi connectivity index (χ0v) is 16.2. The lowest BCUT2D eigenvalue weighted by atomic mass is 9.98. The molecule has 0 radical (unpaired) electrons. The highest BCUT2D eigenvalue weighted by Crippen LogP contribution is 2.29. The molecule has 2 rings (SSSR count). The number of halogens is 2. The predicted molar refractivity (Wildman–Crippen MR) is 102 cm³/mol. The fourth-order valence-corrected chi connectivity index (χ4v) is 3.32. The average molecular weight is 386 g/mol. The highest BCUT2D eigenvalue weighted by molar-refractivity contribution is 7.90. The van der Waals surface area contributed by atoms with Crippen LogP contribution in [0.1, 0.15) is 32.3 Å². The molecular weight excluding hydrogens is 365 g/mol. The van der Waals surface area contributed by atoms with Gasteiger partial charge in [0.15, 0.2) is 0 Å². The van der Waals surface area contributed by atoms with Crippen molar-refractivity contribution in [2.75, 3.05) is 6.54 Å². The Morgan fingerprint density at radius 2 is 1.50 bits per heavy atom. The lowest BCUT2D eigenvalue weighted by Gasteiger charge is -2.15. The van der Waals surface area contributed by atoms with Crippen LogP contribution >= 0.6 is 23.2 Å². The molecule has 0 aliphatic heterocycles. The van der Waals surface area contributed by atoms with Gasteiger partial charge in [0.1, 0.15) is 0 Å². The summed E-state index contributed by atoms with van der Waals surface area (Å²) < 4.78 is 26.3. The van der Waals surface area contributed by atoms with Gasteiger partial charge in [-0.15, -0.1) is 0 Å². The van der Waals surface area contributed by atoms with Gasteiger partial charge in [-0.1, -0.05) is 60.5 Å². The molecule has 0 heterocycles. The maximum Gasteiger partial charge on any atom is 0.213 e. The predicted octanol–water partition coefficient (Wildman–Crippen LogP) is 5.09. The molecule has 0 aromatic heterocycles. The summed E-state index contributed by atoms with van der Waals surface area (Å²) in [5.74, 6) is 0.0846. The van der Waals surface area contributed by atoms with Crippen molar-refractivity contribution in [2.24, 2.45) is 0 Å². The van der Waals surface area contributed by atoms with E-state index < -0.39 is 15.3 Å². The molecule has 2 aromatic rings. The number of rotatable bonds is 6. The van der Waals surface area contributed by atoms with Crippen LogP contribution in [0.5, 0.6) is 0 Å². The summed E-state index contributed by atoms with van der Waals surface area (Å²) in [5, 5.41) is 0.625. The first kappa shape index (κ1) is 19.3. The fourth-order valence-electron chi connectivity index (χ4n) is 2.21. The molecule has 0 aliphatic rings. The molecule has 0 saturated heterocycles. The third kappa shape index (κ3) is 4.73. The van der Waals surface area contributed by atoms with Crippen LogP contribution in [0, 0.1) is 0 Å². The Morgan fingerprint density at radius 3 is 2.04 bits per heavy atom. The molecule has 2 aromatic carbocycles. The van der Waals surface area contributed by atoms with Crippen molar-refractivity contribution in [3.63, 3.8) is 0 Å². The first-order valence-electron chi connectivity index (χ1n) is 7.74. The zero-order chi connectivity index (χ0) is 17.9. The van der Waals surface area contributed by atoms with E-state index in [1.165, 1.54) is 0 Å². The topological polar surface area (TPSA) is 46.2 Å². The number of benzene rings is 2. The van der Waals surface area contributed by atoms with Crippen LogP contribution in [-0.4, -0.2) is 20.2 Å². The summed E-state index contributed by atoms with van der Waals surface area (Å²) in [4.78, 5) is 0. The minimum atomic E-state index is -3.24. The molecule has 130 valence electrons. The normalized spacial score (nSPS) is 13.2. The highest BCUT2D eigenvalue weighted by Gasteiger charge is 2.17. The average Bonchev–Trinajstić information content (AvgIpc) is 2.55. The van der Waals surface area contributed by atoms with E-state index in [4.69, 9.17) is 23.2 Å². The fraction of sp³-hybridized carbons (Fsp3) is 0.333. The van der Waals surface area contributed by atoms with Gasteiger partial charge in [0.05, 0.1) is 15.3 Å². The van der Waals surface area contributed by atoms with Crippen molar-refractivity contribution >= 4 is 33.2 Å². The molecule has 24 heavy (non-hydrogen) atoms. The highest BCUT2D eigenvalue weighted by atomic mass is 35.5. The van der Waals surface area contributed by atoms with Crippen LogP contribution in [0.15, 0.2) is 42.5 Å². The van der Waals surface area contributed by atoms with Gasteiger partial charge in [-0.3, -0.25) is 0 Å². The van der Waals surface area contributed by atoms with Crippen molar-refractivity contribution < 1.29 is 8.42 Å². The molecule has 1 N–H and O–H groups in total. The maximum atomic E-state index is 11.8. The standard InChI is InChI=1S/C18H21Cl2NO2S/c1-12(2)24(22,23)21-11-13(3)14-4-6-15(7-5-14)16-8-9-17(19)18(20)10-16/h4-10,12-13,21H,11H2,1-3H3. The maximum absolute atomic E-state index is 11.8. The van der Waals surface area contributed by atoms with E-state index in [9.17, 15) is 8.42 Å². The minimum absolute atomic E-state index is 0.0846. The summed E-state index contributed by atoms with van der Waals surface area (Å²) >= 11 is 12.0. The van der Waals surface area contributed by atoms with E-state index in [-0.39, 0.29) is 5.92 Å². The van der Waals surface area contributed by atoms with Crippen LogP contribution in [0.4, 0.5) is 0 Å². The van der Waals surface area contributed by atoms with Crippen molar-refractivity contribution in [3.8, 4) is 11.1 Å². The molecule has 1 atom stereocenters. The Labute approximate surface area is 154 Å². The SMILES string of the molecule is CC(CNS(=O)(=O)C(C)C)c1ccc(-c2ccc(Cl)c(Cl)c2)cc1. The lowest BCUT2D eigenvalue weighted by Crippen LogP contribution is -2.33. The van der Waals surface area contributed by atoms with E-state index >= 15 is 0 Å². The lowest BCUT2D eigenvalue weighted by molar-refractivity contribution is 0.566. The largest absolute Gasteiger partial charge is 0.214 e. The van der Waals surface area contributed by atoms with E-state index in [0.717, 1.165) is 16.7 Å². The van der Waals surface area contributed by atoms with Gasteiger partial charge in [-0.05, 0) is 48.6 Å². The molecule has 0 amide bonds. The molecule has 0 spiro atoms. The minimum Gasteiger partial charge on any atom is -0.214 e. The van der Waals surface area contributed by atoms with Gasteiger partial charge in [0, 0.05) is 6.54 Å². The van der Waals surface area contributed by atoms with Crippen molar-refractivity contribution in [3.05, 3.63) is 58.1 Å². The molecule has 0 saturated carbocycles. The molecular formula is C18H21Cl2NO2S. The second-order valence-corrected chi connectivity index (χ2v) is 9.23. The van der Waals surface area contributed by atoms with Crippen molar-refractivity contribution in [1.29, 1.82) is 0 Å². The van der Waals surface area contributed by atoms with Gasteiger partial charge < -0.3 is 0 Å². The molecule has 1 unspecified atom stereocenters. The summed E-state index contributed by atoms with van der Waals surface area (Å²) in [7, 11) is -3.24. The van der Waals surface area contributed by atoms with Crippen LogP contribution in [-0.2, 0) is 10.0 Å². The third-order valence-electron chi connectivity index (χ3n) is 3.94. The second-order valence-electron chi connectivity index (χ2n) is 6.09. The Bertz CT molecular complexity index is 802. The van der Waals surface area contributed by atoms with Crippen LogP contribution in [0.25, 0.3) is 11.1 Å². The molecule has 0 aliphatic carbocycles. The molecule has 6 heteroatoms. The first-order valence-corrected chi connectivity index (χ1v) is 10.0. The van der Waals surface area contributed by atoms with E-state index in [1.54, 1.807) is 19.9 Å². The van der Waals surface area contributed by atoms with Gasteiger partial charge in [-0.25, -0.2) is 13.1 Å². The summed E-state index contributed by atoms with van der Waals surface area (Å²) in [6, 6.07) is 13.5. The number of hydrogen-bond donors (Lipinski definition) is 1. The summed E-state index contributed by atoms with van der Waals surface area (Å²) in [6.45, 7) is 5.71. The summed E-state index contributed by atoms with van der Waals surface area (Å²) in [6.07, 6.45) is 0. The van der Waals surface area contributed by atoms with Crippen LogP contribution in [0.3, 0.4) is 0 Å². The van der Waals surface area contributed by atoms with Crippen molar-refractivity contribution in [2.45, 2.75) is 31.9 Å². The Kier molecular flexibility index (Phi) is 6.32. The monoisotopic (exact) mass is 385 g/mol. The molecule has 0 bridgehead atoms. The second kappa shape index (κ2) is 7.87. The smallest absolute Gasteiger partial charge is 0.213 e. The van der Waals surface area contributed by atoms with Gasteiger partial charge in [0.25, 0.3) is 0 Å². The quantitative estimate of drug-likeness (QED) is 0.752. The molecule has 3 nitrogen and oxygen atoms in total. The van der Waals surface area contributed by atoms with E-state index in [2.05, 4.69) is 4.72 Å². The third-order valence-corrected chi connectivity index (χ3v) is 6.49. The number of nitrogens with one attached hydrogen (secondary N) is 1. The molecule has 0 fully saturated rings. The Hall–Kier alpha value is -1.07. The Morgan fingerprint density at radius 1 is 0.917 bits per heavy atom. The number of sulfonamides is 1. The number of hydrogen-bond acceptors (Lipinski definition) is 2. The van der Waals surface area contributed by atoms with E-state index in [0.29, 0.717) is 16.6 Å². The Balaban J connectivity index is 2.10. The van der Waals surface area contributed by atoms with Gasteiger partial charge in [0.2, 0.25) is 10.0 Å². The van der Waals surface area contributed by atoms with Crippen LogP contribution < -0.4 is 4.72 Å². The van der Waals surface area contributed by atoms with E-state index in [1.807, 2.05) is 43.3 Å². The first-order chi connectivity index (χ1) is 11.2. The summed E-state index contributed by atoms with van der Waals surface area (Å²) in [5.41, 5.74) is 3.10.